The summed E-state index contributed by atoms with van der Waals surface area (Å²) in [6.07, 6.45) is -2.45. The van der Waals surface area contributed by atoms with Gasteiger partial charge in [-0.25, -0.2) is 8.78 Å². The Hall–Kier alpha value is -0.680. The molecule has 0 amide bonds. The van der Waals surface area contributed by atoms with Crippen LogP contribution >= 0.6 is 15.9 Å². The van der Waals surface area contributed by atoms with Gasteiger partial charge in [-0.15, -0.1) is 0 Å². The van der Waals surface area contributed by atoms with E-state index in [1.807, 2.05) is 19.9 Å². The third-order valence-electron chi connectivity index (χ3n) is 2.09. The molecule has 0 aliphatic rings. The van der Waals surface area contributed by atoms with Crippen LogP contribution in [0.2, 0.25) is 0 Å². The summed E-state index contributed by atoms with van der Waals surface area (Å²) in [5, 5.41) is 3.23. The predicted molar refractivity (Wildman–Crippen MR) is 67.6 cm³/mol. The summed E-state index contributed by atoms with van der Waals surface area (Å²) >= 11 is 3.35. The maximum Gasteiger partial charge on any atom is 0.272 e. The monoisotopic (exact) mass is 307 g/mol. The lowest BCUT2D eigenvalue weighted by Gasteiger charge is -2.14. The second kappa shape index (κ2) is 6.91. The number of halogens is 3. The average molecular weight is 308 g/mol. The molecule has 2 nitrogen and oxygen atoms in total. The van der Waals surface area contributed by atoms with E-state index in [-0.39, 0.29) is 0 Å². The quantitative estimate of drug-likeness (QED) is 0.867. The van der Waals surface area contributed by atoms with E-state index in [4.69, 9.17) is 4.74 Å². The molecule has 0 atom stereocenters. The van der Waals surface area contributed by atoms with Gasteiger partial charge in [0.15, 0.2) is 0 Å². The number of hydrogen-bond donors (Lipinski definition) is 1. The summed E-state index contributed by atoms with van der Waals surface area (Å²) in [6.45, 7) is 4.07. The first-order valence-corrected chi connectivity index (χ1v) is 6.21. The Labute approximate surface area is 108 Å². The van der Waals surface area contributed by atoms with Crippen LogP contribution < -0.4 is 10.1 Å². The number of ether oxygens (including phenoxy) is 1. The van der Waals surface area contributed by atoms with E-state index in [1.165, 1.54) is 0 Å². The van der Waals surface area contributed by atoms with Crippen molar-refractivity contribution in [2.45, 2.75) is 32.9 Å². The summed E-state index contributed by atoms with van der Waals surface area (Å²) in [7, 11) is 0. The van der Waals surface area contributed by atoms with Crippen LogP contribution in [0.1, 0.15) is 19.4 Å². The highest BCUT2D eigenvalue weighted by Crippen LogP contribution is 2.23. The van der Waals surface area contributed by atoms with E-state index >= 15 is 0 Å². The molecule has 96 valence electrons. The summed E-state index contributed by atoms with van der Waals surface area (Å²) in [5.41, 5.74) is 0.869. The fourth-order valence-corrected chi connectivity index (χ4v) is 1.70. The molecule has 1 aromatic rings. The van der Waals surface area contributed by atoms with Crippen molar-refractivity contribution in [3.8, 4) is 5.75 Å². The normalized spacial score (nSPS) is 11.2. The molecular formula is C12H16BrF2NO. The summed E-state index contributed by atoms with van der Waals surface area (Å²) in [4.78, 5) is 0. The van der Waals surface area contributed by atoms with Gasteiger partial charge in [-0.1, -0.05) is 29.8 Å². The Morgan fingerprint density at radius 1 is 1.35 bits per heavy atom. The average Bonchev–Trinajstić information content (AvgIpc) is 2.24. The van der Waals surface area contributed by atoms with Gasteiger partial charge in [-0.2, -0.15) is 0 Å². The molecule has 1 aromatic carbocycles. The molecule has 5 heteroatoms. The minimum absolute atomic E-state index is 0.330. The van der Waals surface area contributed by atoms with Gasteiger partial charge in [-0.3, -0.25) is 0 Å². The summed E-state index contributed by atoms with van der Waals surface area (Å²) in [6, 6.07) is 5.68. The van der Waals surface area contributed by atoms with Crippen LogP contribution in [-0.2, 0) is 6.54 Å². The SMILES string of the molecule is CC(C)NCc1cc(Br)ccc1OCC(F)F. The van der Waals surface area contributed by atoms with Crippen molar-refractivity contribution < 1.29 is 13.5 Å². The van der Waals surface area contributed by atoms with Crippen molar-refractivity contribution in [3.63, 3.8) is 0 Å². The van der Waals surface area contributed by atoms with Crippen molar-refractivity contribution in [2.24, 2.45) is 0 Å². The molecule has 0 spiro atoms. The molecule has 1 rings (SSSR count). The molecule has 0 bridgehead atoms. The third-order valence-corrected chi connectivity index (χ3v) is 2.58. The first-order valence-electron chi connectivity index (χ1n) is 5.41. The van der Waals surface area contributed by atoms with Crippen LogP contribution in [0, 0.1) is 0 Å². The van der Waals surface area contributed by atoms with Gasteiger partial charge in [0.05, 0.1) is 0 Å². The van der Waals surface area contributed by atoms with Crippen LogP contribution in [0.5, 0.6) is 5.75 Å². The number of rotatable bonds is 6. The van der Waals surface area contributed by atoms with Crippen molar-refractivity contribution >= 4 is 15.9 Å². The van der Waals surface area contributed by atoms with Gasteiger partial charge < -0.3 is 10.1 Å². The van der Waals surface area contributed by atoms with Gasteiger partial charge in [-0.05, 0) is 18.2 Å². The number of nitrogens with one attached hydrogen (secondary N) is 1. The van der Waals surface area contributed by atoms with Crippen LogP contribution in [0.15, 0.2) is 22.7 Å². The lowest BCUT2D eigenvalue weighted by Crippen LogP contribution is -2.22. The summed E-state index contributed by atoms with van der Waals surface area (Å²) in [5.74, 6) is 0.502. The van der Waals surface area contributed by atoms with E-state index in [2.05, 4.69) is 21.2 Å². The van der Waals surface area contributed by atoms with Crippen LogP contribution in [-0.4, -0.2) is 19.1 Å². The van der Waals surface area contributed by atoms with Crippen molar-refractivity contribution in [2.75, 3.05) is 6.61 Å². The number of alkyl halides is 2. The first-order chi connectivity index (χ1) is 7.99. The van der Waals surface area contributed by atoms with Crippen LogP contribution in [0.3, 0.4) is 0 Å². The number of benzene rings is 1. The Morgan fingerprint density at radius 3 is 2.65 bits per heavy atom. The van der Waals surface area contributed by atoms with Gasteiger partial charge in [0.25, 0.3) is 6.43 Å². The zero-order valence-electron chi connectivity index (χ0n) is 9.84. The molecule has 0 unspecified atom stereocenters. The number of hydrogen-bond acceptors (Lipinski definition) is 2. The largest absolute Gasteiger partial charge is 0.487 e. The predicted octanol–water partition coefficient (Wildman–Crippen LogP) is 3.59. The molecule has 0 aliphatic heterocycles. The van der Waals surface area contributed by atoms with Crippen LogP contribution in [0.4, 0.5) is 8.78 Å². The molecule has 1 N–H and O–H groups in total. The Bertz CT molecular complexity index is 358. The Kier molecular flexibility index (Phi) is 5.85. The van der Waals surface area contributed by atoms with Crippen molar-refractivity contribution in [1.82, 2.24) is 5.32 Å². The minimum atomic E-state index is -2.45. The van der Waals surface area contributed by atoms with E-state index in [9.17, 15) is 8.78 Å². The molecule has 0 saturated carbocycles. The fourth-order valence-electron chi connectivity index (χ4n) is 1.29. The maximum absolute atomic E-state index is 12.1. The highest BCUT2D eigenvalue weighted by Gasteiger charge is 2.08. The standard InChI is InChI=1S/C12H16BrF2NO/c1-8(2)16-6-9-5-10(13)3-4-11(9)17-7-12(14)15/h3-5,8,12,16H,6-7H2,1-2H3. The lowest BCUT2D eigenvalue weighted by molar-refractivity contribution is 0.0813. The van der Waals surface area contributed by atoms with Gasteiger partial charge in [0.1, 0.15) is 12.4 Å². The molecule has 17 heavy (non-hydrogen) atoms. The highest BCUT2D eigenvalue weighted by molar-refractivity contribution is 9.10. The zero-order chi connectivity index (χ0) is 12.8. The lowest BCUT2D eigenvalue weighted by atomic mass is 10.2. The second-order valence-electron chi connectivity index (χ2n) is 3.99. The van der Waals surface area contributed by atoms with Gasteiger partial charge in [0, 0.05) is 22.6 Å². The second-order valence-corrected chi connectivity index (χ2v) is 4.91. The Balaban J connectivity index is 2.72. The van der Waals surface area contributed by atoms with E-state index < -0.39 is 13.0 Å². The van der Waals surface area contributed by atoms with Gasteiger partial charge >= 0.3 is 0 Å². The smallest absolute Gasteiger partial charge is 0.272 e. The van der Waals surface area contributed by atoms with E-state index in [1.54, 1.807) is 12.1 Å². The summed E-state index contributed by atoms with van der Waals surface area (Å²) < 4.78 is 30.2. The van der Waals surface area contributed by atoms with Gasteiger partial charge in [0.2, 0.25) is 0 Å². The van der Waals surface area contributed by atoms with E-state index in [0.717, 1.165) is 10.0 Å². The topological polar surface area (TPSA) is 21.3 Å². The van der Waals surface area contributed by atoms with E-state index in [0.29, 0.717) is 18.3 Å². The molecule has 0 aliphatic carbocycles. The highest BCUT2D eigenvalue weighted by atomic mass is 79.9. The molecule has 0 aromatic heterocycles. The fraction of sp³-hybridized carbons (Fsp3) is 0.500. The molecule has 0 heterocycles. The Morgan fingerprint density at radius 2 is 2.06 bits per heavy atom. The van der Waals surface area contributed by atoms with Crippen LogP contribution in [0.25, 0.3) is 0 Å². The maximum atomic E-state index is 12.1. The van der Waals surface area contributed by atoms with Crippen molar-refractivity contribution in [3.05, 3.63) is 28.2 Å². The minimum Gasteiger partial charge on any atom is -0.487 e. The first kappa shape index (κ1) is 14.4. The third kappa shape index (κ3) is 5.46. The zero-order valence-corrected chi connectivity index (χ0v) is 11.4. The molecule has 0 saturated heterocycles. The molecule has 0 radical (unpaired) electrons. The van der Waals surface area contributed by atoms with Crippen molar-refractivity contribution in [1.29, 1.82) is 0 Å². The molecule has 0 fully saturated rings. The molecular weight excluding hydrogens is 292 g/mol.